The van der Waals surface area contributed by atoms with Gasteiger partial charge in [-0.15, -0.1) is 0 Å². The molecule has 1 amide bonds. The standard InChI is InChI=1S/C21H21ClF3N5O3S/c1-10-6-16-14(7-15(10)22)17(19(26)31)18(30(16)12-4-3-5-12)20-27-8-13(9-28-20)34(32,33)29-11(2)21(23,24)25/h6-9,11-12,29H,3-5H2,1-2H3,(H2,26,31)/t11-/m0/s1. The van der Waals surface area contributed by atoms with Crippen molar-refractivity contribution in [3.05, 3.63) is 40.7 Å². The second-order valence-electron chi connectivity index (χ2n) is 8.29. The number of carbonyl (C=O) groups excluding carboxylic acids is 1. The summed E-state index contributed by atoms with van der Waals surface area (Å²) in [7, 11) is -4.53. The van der Waals surface area contributed by atoms with Crippen LogP contribution in [0.3, 0.4) is 0 Å². The molecule has 0 spiro atoms. The Labute approximate surface area is 198 Å². The van der Waals surface area contributed by atoms with E-state index in [1.165, 1.54) is 0 Å². The lowest BCUT2D eigenvalue weighted by Gasteiger charge is -2.30. The van der Waals surface area contributed by atoms with Crippen molar-refractivity contribution in [1.29, 1.82) is 0 Å². The van der Waals surface area contributed by atoms with Crippen molar-refractivity contribution in [2.45, 2.75) is 56.3 Å². The summed E-state index contributed by atoms with van der Waals surface area (Å²) in [6.45, 7) is 2.52. The first-order chi connectivity index (χ1) is 15.8. The molecule has 3 aromatic rings. The molecule has 2 heterocycles. The zero-order valence-electron chi connectivity index (χ0n) is 18.1. The number of alkyl halides is 3. The van der Waals surface area contributed by atoms with Gasteiger partial charge in [0.2, 0.25) is 10.0 Å². The summed E-state index contributed by atoms with van der Waals surface area (Å²) in [4.78, 5) is 20.1. The van der Waals surface area contributed by atoms with Gasteiger partial charge in [-0.05, 0) is 50.8 Å². The van der Waals surface area contributed by atoms with Crippen LogP contribution < -0.4 is 10.5 Å². The third-order valence-electron chi connectivity index (χ3n) is 5.94. The smallest absolute Gasteiger partial charge is 0.366 e. The number of nitrogens with zero attached hydrogens (tertiary/aromatic N) is 3. The molecule has 1 aliphatic carbocycles. The summed E-state index contributed by atoms with van der Waals surface area (Å²) in [5.41, 5.74) is 7.68. The van der Waals surface area contributed by atoms with Crippen molar-refractivity contribution < 1.29 is 26.4 Å². The topological polar surface area (TPSA) is 120 Å². The van der Waals surface area contributed by atoms with E-state index in [0.29, 0.717) is 23.0 Å². The molecular weight excluding hydrogens is 495 g/mol. The third-order valence-corrected chi connectivity index (χ3v) is 7.85. The van der Waals surface area contributed by atoms with Gasteiger partial charge in [0.05, 0.1) is 23.5 Å². The number of amides is 1. The van der Waals surface area contributed by atoms with Crippen LogP contribution in [0.1, 0.15) is 48.1 Å². The molecule has 0 radical (unpaired) electrons. The molecule has 1 atom stereocenters. The Morgan fingerprint density at radius 2 is 1.88 bits per heavy atom. The first kappa shape index (κ1) is 24.4. The van der Waals surface area contributed by atoms with Crippen LogP contribution in [0.2, 0.25) is 5.02 Å². The van der Waals surface area contributed by atoms with E-state index in [2.05, 4.69) is 9.97 Å². The van der Waals surface area contributed by atoms with Crippen molar-refractivity contribution in [3.63, 3.8) is 0 Å². The maximum atomic E-state index is 12.8. The number of aromatic nitrogens is 3. The van der Waals surface area contributed by atoms with Gasteiger partial charge in [-0.3, -0.25) is 4.79 Å². The number of benzene rings is 1. The molecule has 13 heteroatoms. The number of carbonyl (C=O) groups is 1. The number of hydrogen-bond acceptors (Lipinski definition) is 5. The molecule has 34 heavy (non-hydrogen) atoms. The minimum absolute atomic E-state index is 0.0218. The van der Waals surface area contributed by atoms with Crippen molar-refractivity contribution in [2.24, 2.45) is 5.73 Å². The fourth-order valence-electron chi connectivity index (χ4n) is 3.87. The summed E-state index contributed by atoms with van der Waals surface area (Å²) in [6, 6.07) is 1.24. The Hall–Kier alpha value is -2.70. The van der Waals surface area contributed by atoms with Crippen molar-refractivity contribution in [1.82, 2.24) is 19.3 Å². The monoisotopic (exact) mass is 515 g/mol. The van der Waals surface area contributed by atoms with E-state index in [1.54, 1.807) is 10.8 Å². The first-order valence-electron chi connectivity index (χ1n) is 10.4. The largest absolute Gasteiger partial charge is 0.404 e. The molecule has 0 saturated heterocycles. The molecule has 2 aromatic heterocycles. The van der Waals surface area contributed by atoms with Gasteiger partial charge in [0, 0.05) is 16.5 Å². The lowest BCUT2D eigenvalue weighted by Crippen LogP contribution is -2.43. The van der Waals surface area contributed by atoms with Gasteiger partial charge in [0.25, 0.3) is 5.91 Å². The number of rotatable bonds is 6. The number of fused-ring (bicyclic) bond motifs is 1. The second kappa shape index (κ2) is 8.51. The summed E-state index contributed by atoms with van der Waals surface area (Å²) >= 11 is 6.30. The lowest BCUT2D eigenvalue weighted by atomic mass is 9.92. The zero-order chi connectivity index (χ0) is 25.0. The molecule has 1 aromatic carbocycles. The van der Waals surface area contributed by atoms with E-state index in [0.717, 1.165) is 42.7 Å². The van der Waals surface area contributed by atoms with Gasteiger partial charge < -0.3 is 10.3 Å². The summed E-state index contributed by atoms with van der Waals surface area (Å²) in [5.74, 6) is -0.715. The highest BCUT2D eigenvalue weighted by molar-refractivity contribution is 7.89. The Bertz CT molecular complexity index is 1380. The van der Waals surface area contributed by atoms with E-state index in [4.69, 9.17) is 17.3 Å². The second-order valence-corrected chi connectivity index (χ2v) is 10.4. The third kappa shape index (κ3) is 4.25. The number of sulfonamides is 1. The molecule has 0 unspecified atom stereocenters. The van der Waals surface area contributed by atoms with E-state index < -0.39 is 33.0 Å². The predicted molar refractivity (Wildman–Crippen MR) is 120 cm³/mol. The van der Waals surface area contributed by atoms with E-state index in [-0.39, 0.29) is 17.4 Å². The van der Waals surface area contributed by atoms with Crippen LogP contribution in [0.4, 0.5) is 13.2 Å². The maximum Gasteiger partial charge on any atom is 0.404 e. The Morgan fingerprint density at radius 1 is 1.26 bits per heavy atom. The van der Waals surface area contributed by atoms with Crippen LogP contribution in [0.5, 0.6) is 0 Å². The van der Waals surface area contributed by atoms with Gasteiger partial charge in [0.1, 0.15) is 16.6 Å². The fourth-order valence-corrected chi connectivity index (χ4v) is 5.15. The van der Waals surface area contributed by atoms with Gasteiger partial charge >= 0.3 is 6.18 Å². The maximum absolute atomic E-state index is 12.8. The van der Waals surface area contributed by atoms with Gasteiger partial charge in [-0.1, -0.05) is 11.6 Å². The minimum atomic E-state index is -4.76. The van der Waals surface area contributed by atoms with E-state index >= 15 is 0 Å². The molecule has 1 aliphatic rings. The highest BCUT2D eigenvalue weighted by atomic mass is 35.5. The molecule has 3 N–H and O–H groups in total. The summed E-state index contributed by atoms with van der Waals surface area (Å²) < 4.78 is 66.6. The van der Waals surface area contributed by atoms with E-state index in [1.807, 2.05) is 17.6 Å². The Morgan fingerprint density at radius 3 is 2.38 bits per heavy atom. The molecule has 0 aliphatic heterocycles. The quantitative estimate of drug-likeness (QED) is 0.512. The number of aryl methyl sites for hydroxylation is 1. The van der Waals surface area contributed by atoms with E-state index in [9.17, 15) is 26.4 Å². The molecule has 1 saturated carbocycles. The Balaban J connectivity index is 1.86. The van der Waals surface area contributed by atoms with Crippen molar-refractivity contribution >= 4 is 38.4 Å². The summed E-state index contributed by atoms with van der Waals surface area (Å²) in [5, 5.41) is 0.963. The van der Waals surface area contributed by atoms with Crippen LogP contribution in [0.15, 0.2) is 29.4 Å². The molecule has 4 rings (SSSR count). The zero-order valence-corrected chi connectivity index (χ0v) is 19.7. The van der Waals surface area contributed by atoms with Crippen molar-refractivity contribution in [3.8, 4) is 11.5 Å². The van der Waals surface area contributed by atoms with Crippen LogP contribution in [-0.2, 0) is 10.0 Å². The van der Waals surface area contributed by atoms with Crippen LogP contribution in [0.25, 0.3) is 22.4 Å². The summed E-state index contributed by atoms with van der Waals surface area (Å²) in [6.07, 6.45) is -0.263. The predicted octanol–water partition coefficient (Wildman–Crippen LogP) is 4.11. The molecule has 0 bridgehead atoms. The van der Waals surface area contributed by atoms with Crippen LogP contribution >= 0.6 is 11.6 Å². The number of halogens is 4. The average Bonchev–Trinajstić information content (AvgIpc) is 3.00. The fraction of sp³-hybridized carbons (Fsp3) is 0.381. The molecule has 1 fully saturated rings. The lowest BCUT2D eigenvalue weighted by molar-refractivity contribution is -0.147. The van der Waals surface area contributed by atoms with Crippen molar-refractivity contribution in [2.75, 3.05) is 0 Å². The van der Waals surface area contributed by atoms with Gasteiger partial charge in [-0.25, -0.2) is 18.4 Å². The number of primary amides is 1. The molecule has 182 valence electrons. The molecule has 8 nitrogen and oxygen atoms in total. The highest BCUT2D eigenvalue weighted by Gasteiger charge is 2.39. The number of hydrogen-bond donors (Lipinski definition) is 2. The van der Waals surface area contributed by atoms with Crippen LogP contribution in [-0.4, -0.2) is 41.1 Å². The van der Waals surface area contributed by atoms with Gasteiger partial charge in [0.15, 0.2) is 5.82 Å². The SMILES string of the molecule is Cc1cc2c(cc1Cl)c(C(N)=O)c(-c1ncc(S(=O)(=O)N[C@@H](C)C(F)(F)F)cn1)n2C1CCC1. The molecular formula is C21H21ClF3N5O3S. The Kier molecular flexibility index (Phi) is 6.11. The van der Waals surface area contributed by atoms with Gasteiger partial charge in [-0.2, -0.15) is 17.9 Å². The van der Waals surface area contributed by atoms with Crippen LogP contribution in [0, 0.1) is 6.92 Å². The average molecular weight is 516 g/mol. The number of nitrogens with two attached hydrogens (primary N) is 1. The first-order valence-corrected chi connectivity index (χ1v) is 12.2. The minimum Gasteiger partial charge on any atom is -0.366 e. The normalized spacial score (nSPS) is 15.9. The number of nitrogens with one attached hydrogen (secondary N) is 1. The highest BCUT2D eigenvalue weighted by Crippen LogP contribution is 2.43.